The molecule has 8 nitrogen and oxygen atoms in total. The minimum absolute atomic E-state index is 0.0176. The Labute approximate surface area is 128 Å². The first-order valence-corrected chi connectivity index (χ1v) is 7.32. The molecule has 0 radical (unpaired) electrons. The van der Waals surface area contributed by atoms with E-state index in [1.165, 1.54) is 6.92 Å². The van der Waals surface area contributed by atoms with E-state index < -0.39 is 10.9 Å². The maximum atomic E-state index is 11.8. The minimum atomic E-state index is -0.508. The van der Waals surface area contributed by atoms with Gasteiger partial charge in [-0.2, -0.15) is 0 Å². The van der Waals surface area contributed by atoms with E-state index in [9.17, 15) is 14.4 Å². The second-order valence-corrected chi connectivity index (χ2v) is 5.14. The third kappa shape index (κ3) is 3.45. The summed E-state index contributed by atoms with van der Waals surface area (Å²) in [6.07, 6.45) is 0. The van der Waals surface area contributed by atoms with E-state index >= 15 is 0 Å². The Hall–Kier alpha value is -1.93. The number of ether oxygens (including phenoxy) is 1. The quantitative estimate of drug-likeness (QED) is 0.461. The maximum Gasteiger partial charge on any atom is 0.253 e. The van der Waals surface area contributed by atoms with Crippen LogP contribution in [0.5, 0.6) is 0 Å². The number of carbonyl (C=O) groups excluding carboxylic acids is 1. The summed E-state index contributed by atoms with van der Waals surface area (Å²) in [5.74, 6) is 0.0176. The topological polar surface area (TPSA) is 99.2 Å². The highest BCUT2D eigenvalue weighted by atomic mass is 16.5. The van der Waals surface area contributed by atoms with Crippen LogP contribution < -0.4 is 21.1 Å². The van der Waals surface area contributed by atoms with Gasteiger partial charge in [-0.15, -0.1) is 0 Å². The van der Waals surface area contributed by atoms with Crippen molar-refractivity contribution in [2.45, 2.75) is 6.92 Å². The first-order valence-electron chi connectivity index (χ1n) is 7.32. The largest absolute Gasteiger partial charge is 0.394 e. The molecule has 0 atom stereocenters. The summed E-state index contributed by atoms with van der Waals surface area (Å²) in [4.78, 5) is 38.3. The van der Waals surface area contributed by atoms with Crippen LogP contribution in [0.15, 0.2) is 9.59 Å². The highest BCUT2D eigenvalue weighted by Gasteiger charge is 2.28. The van der Waals surface area contributed by atoms with E-state index in [0.717, 1.165) is 0 Å². The summed E-state index contributed by atoms with van der Waals surface area (Å²) in [6.45, 7) is 4.63. The van der Waals surface area contributed by atoms with E-state index in [4.69, 9.17) is 9.84 Å². The highest BCUT2D eigenvalue weighted by molar-refractivity contribution is 5.76. The van der Waals surface area contributed by atoms with Crippen LogP contribution in [0.3, 0.4) is 0 Å². The Bertz CT molecular complexity index is 585. The van der Waals surface area contributed by atoms with Gasteiger partial charge >= 0.3 is 0 Å². The van der Waals surface area contributed by atoms with E-state index in [0.29, 0.717) is 50.7 Å². The van der Waals surface area contributed by atoms with Gasteiger partial charge in [0.05, 0.1) is 19.8 Å². The number of piperazine rings is 1. The molecule has 1 amide bonds. The maximum absolute atomic E-state index is 11.8. The van der Waals surface area contributed by atoms with Gasteiger partial charge in [-0.3, -0.25) is 14.4 Å². The fourth-order valence-electron chi connectivity index (χ4n) is 2.51. The number of aliphatic hydroxyl groups excluding tert-OH is 1. The Balaban J connectivity index is 1.92. The summed E-state index contributed by atoms with van der Waals surface area (Å²) in [5.41, 5.74) is -0.245. The average molecular weight is 311 g/mol. The van der Waals surface area contributed by atoms with Crippen molar-refractivity contribution in [1.29, 1.82) is 0 Å². The molecular formula is C14H21N3O5. The molecule has 1 aliphatic heterocycles. The standard InChI is InChI=1S/C14H21N3O5/c1-10(19)16-3-5-17(6-4-16)12-11(13(20)14(12)21)15-2-8-22-9-7-18/h15,18H,2-9H2,1H3. The fraction of sp³-hybridized carbons (Fsp3) is 0.643. The van der Waals surface area contributed by atoms with Gasteiger partial charge in [0, 0.05) is 39.6 Å². The molecule has 1 heterocycles. The molecule has 1 fully saturated rings. The molecular weight excluding hydrogens is 290 g/mol. The van der Waals surface area contributed by atoms with Gasteiger partial charge in [-0.05, 0) is 0 Å². The van der Waals surface area contributed by atoms with Crippen molar-refractivity contribution < 1.29 is 14.6 Å². The van der Waals surface area contributed by atoms with Crippen LogP contribution >= 0.6 is 0 Å². The first kappa shape index (κ1) is 16.4. The van der Waals surface area contributed by atoms with E-state index in [2.05, 4.69) is 5.32 Å². The molecule has 8 heteroatoms. The zero-order chi connectivity index (χ0) is 16.1. The zero-order valence-electron chi connectivity index (χ0n) is 12.6. The van der Waals surface area contributed by atoms with Crippen molar-refractivity contribution in [3.05, 3.63) is 20.4 Å². The average Bonchev–Trinajstić information content (AvgIpc) is 2.53. The Morgan fingerprint density at radius 2 is 1.86 bits per heavy atom. The lowest BCUT2D eigenvalue weighted by Crippen LogP contribution is -2.52. The molecule has 0 spiro atoms. The molecule has 2 rings (SSSR count). The monoisotopic (exact) mass is 311 g/mol. The van der Waals surface area contributed by atoms with E-state index in [1.54, 1.807) is 4.90 Å². The molecule has 122 valence electrons. The summed E-state index contributed by atoms with van der Waals surface area (Å²) in [6, 6.07) is 0. The van der Waals surface area contributed by atoms with Crippen LogP contribution in [0, 0.1) is 0 Å². The van der Waals surface area contributed by atoms with Crippen molar-refractivity contribution in [3.63, 3.8) is 0 Å². The van der Waals surface area contributed by atoms with Crippen LogP contribution in [0.25, 0.3) is 0 Å². The summed E-state index contributed by atoms with van der Waals surface area (Å²) in [5, 5.41) is 11.5. The number of nitrogens with one attached hydrogen (secondary N) is 1. The number of hydrogen-bond donors (Lipinski definition) is 2. The Morgan fingerprint density at radius 3 is 2.45 bits per heavy atom. The molecule has 2 N–H and O–H groups in total. The molecule has 0 aliphatic carbocycles. The minimum Gasteiger partial charge on any atom is -0.394 e. The van der Waals surface area contributed by atoms with Crippen molar-refractivity contribution in [3.8, 4) is 0 Å². The number of amides is 1. The van der Waals surface area contributed by atoms with E-state index in [1.807, 2.05) is 4.90 Å². The molecule has 1 aromatic carbocycles. The molecule has 1 aliphatic rings. The predicted molar refractivity (Wildman–Crippen MR) is 82.2 cm³/mol. The van der Waals surface area contributed by atoms with Crippen LogP contribution in [0.1, 0.15) is 6.92 Å². The Kier molecular flexibility index (Phi) is 5.51. The van der Waals surface area contributed by atoms with Crippen LogP contribution in [-0.2, 0) is 9.53 Å². The van der Waals surface area contributed by atoms with Crippen LogP contribution in [0.2, 0.25) is 0 Å². The van der Waals surface area contributed by atoms with Gasteiger partial charge in [-0.1, -0.05) is 0 Å². The van der Waals surface area contributed by atoms with Crippen LogP contribution in [-0.4, -0.2) is 68.5 Å². The van der Waals surface area contributed by atoms with Crippen molar-refractivity contribution in [2.75, 3.05) is 62.8 Å². The second kappa shape index (κ2) is 7.37. The predicted octanol–water partition coefficient (Wildman–Crippen LogP) is -1.63. The SMILES string of the molecule is CC(=O)N1CCN(c2c(NCCOCCO)c(=O)c2=O)CC1. The molecule has 1 aromatic rings. The molecule has 0 bridgehead atoms. The van der Waals surface area contributed by atoms with Gasteiger partial charge in [0.1, 0.15) is 11.4 Å². The van der Waals surface area contributed by atoms with Crippen molar-refractivity contribution in [1.82, 2.24) is 4.90 Å². The molecule has 1 saturated heterocycles. The van der Waals surface area contributed by atoms with Crippen LogP contribution in [0.4, 0.5) is 11.4 Å². The number of carbonyl (C=O) groups is 1. The fourth-order valence-corrected chi connectivity index (χ4v) is 2.51. The van der Waals surface area contributed by atoms with Gasteiger partial charge in [-0.25, -0.2) is 0 Å². The van der Waals surface area contributed by atoms with Gasteiger partial charge in [0.2, 0.25) is 5.91 Å². The lowest BCUT2D eigenvalue weighted by molar-refractivity contribution is -0.129. The molecule has 0 unspecified atom stereocenters. The Morgan fingerprint density at radius 1 is 1.18 bits per heavy atom. The molecule has 22 heavy (non-hydrogen) atoms. The summed E-state index contributed by atoms with van der Waals surface area (Å²) < 4.78 is 5.10. The normalized spacial score (nSPS) is 15.4. The third-order valence-electron chi connectivity index (χ3n) is 3.71. The zero-order valence-corrected chi connectivity index (χ0v) is 12.6. The molecule has 0 aromatic heterocycles. The number of anilines is 2. The number of aliphatic hydroxyl groups is 1. The van der Waals surface area contributed by atoms with E-state index in [-0.39, 0.29) is 19.1 Å². The second-order valence-electron chi connectivity index (χ2n) is 5.14. The lowest BCUT2D eigenvalue weighted by Gasteiger charge is -2.36. The van der Waals surface area contributed by atoms with Gasteiger partial charge in [0.15, 0.2) is 0 Å². The third-order valence-corrected chi connectivity index (χ3v) is 3.71. The summed E-state index contributed by atoms with van der Waals surface area (Å²) in [7, 11) is 0. The number of rotatable bonds is 7. The molecule has 0 saturated carbocycles. The smallest absolute Gasteiger partial charge is 0.253 e. The van der Waals surface area contributed by atoms with Gasteiger partial charge in [0.25, 0.3) is 10.9 Å². The van der Waals surface area contributed by atoms with Crippen molar-refractivity contribution in [2.24, 2.45) is 0 Å². The number of hydrogen-bond acceptors (Lipinski definition) is 7. The summed E-state index contributed by atoms with van der Waals surface area (Å²) >= 11 is 0. The van der Waals surface area contributed by atoms with Gasteiger partial charge < -0.3 is 25.0 Å². The lowest BCUT2D eigenvalue weighted by atomic mass is 10.1. The first-order chi connectivity index (χ1) is 10.6. The number of nitrogens with zero attached hydrogens (tertiary/aromatic N) is 2. The highest BCUT2D eigenvalue weighted by Crippen LogP contribution is 2.21. The van der Waals surface area contributed by atoms with Crippen molar-refractivity contribution >= 4 is 17.3 Å².